The van der Waals surface area contributed by atoms with Crippen molar-refractivity contribution in [1.29, 1.82) is 0 Å². The Morgan fingerprint density at radius 3 is 2.38 bits per heavy atom. The van der Waals surface area contributed by atoms with Gasteiger partial charge in [0.1, 0.15) is 4.90 Å². The fourth-order valence-corrected chi connectivity index (χ4v) is 2.65. The zero-order valence-electron chi connectivity index (χ0n) is 8.29. The minimum Gasteiger partial charge on any atom is -0.392 e. The van der Waals surface area contributed by atoms with E-state index in [2.05, 4.69) is 0 Å². The second kappa shape index (κ2) is 3.86. The minimum absolute atomic E-state index is 0.196. The smallest absolute Gasteiger partial charge is 0.295 e. The SMILES string of the molecule is O=S(=O)(O)c1c(CO)ccc2ccccc12. The van der Waals surface area contributed by atoms with Crippen molar-refractivity contribution in [3.8, 4) is 0 Å². The van der Waals surface area contributed by atoms with Crippen molar-refractivity contribution in [1.82, 2.24) is 0 Å². The van der Waals surface area contributed by atoms with Crippen molar-refractivity contribution in [2.75, 3.05) is 0 Å². The van der Waals surface area contributed by atoms with Gasteiger partial charge in [-0.15, -0.1) is 0 Å². The second-order valence-electron chi connectivity index (χ2n) is 3.41. The Labute approximate surface area is 92.9 Å². The summed E-state index contributed by atoms with van der Waals surface area (Å²) in [5.41, 5.74) is 0.196. The third-order valence-corrected chi connectivity index (χ3v) is 3.39. The van der Waals surface area contributed by atoms with E-state index in [0.717, 1.165) is 0 Å². The Kier molecular flexibility index (Phi) is 2.67. The lowest BCUT2D eigenvalue weighted by atomic mass is 10.1. The molecule has 0 unspecified atom stereocenters. The minimum atomic E-state index is -4.33. The van der Waals surface area contributed by atoms with Crippen molar-refractivity contribution in [2.45, 2.75) is 11.5 Å². The van der Waals surface area contributed by atoms with Crippen LogP contribution in [0.1, 0.15) is 5.56 Å². The number of aliphatic hydroxyl groups is 1. The molecule has 0 heterocycles. The highest BCUT2D eigenvalue weighted by Crippen LogP contribution is 2.26. The lowest BCUT2D eigenvalue weighted by Crippen LogP contribution is -2.04. The zero-order chi connectivity index (χ0) is 11.8. The predicted molar refractivity (Wildman–Crippen MR) is 59.7 cm³/mol. The molecule has 0 saturated heterocycles. The van der Waals surface area contributed by atoms with E-state index in [1.54, 1.807) is 30.3 Å². The average molecular weight is 238 g/mol. The first-order valence-corrected chi connectivity index (χ1v) is 6.07. The van der Waals surface area contributed by atoms with Crippen LogP contribution in [-0.4, -0.2) is 18.1 Å². The Balaban J connectivity index is 2.95. The third kappa shape index (κ3) is 1.80. The summed E-state index contributed by atoms with van der Waals surface area (Å²) >= 11 is 0. The number of hydrogen-bond acceptors (Lipinski definition) is 3. The molecule has 0 spiro atoms. The summed E-state index contributed by atoms with van der Waals surface area (Å²) in [4.78, 5) is -0.215. The summed E-state index contributed by atoms with van der Waals surface area (Å²) in [5, 5.41) is 10.2. The van der Waals surface area contributed by atoms with Gasteiger partial charge in [-0.1, -0.05) is 36.4 Å². The Morgan fingerprint density at radius 2 is 1.75 bits per heavy atom. The number of fused-ring (bicyclic) bond motifs is 1. The summed E-state index contributed by atoms with van der Waals surface area (Å²) in [6, 6.07) is 9.98. The van der Waals surface area contributed by atoms with E-state index < -0.39 is 16.7 Å². The summed E-state index contributed by atoms with van der Waals surface area (Å²) < 4.78 is 31.7. The van der Waals surface area contributed by atoms with E-state index in [1.807, 2.05) is 0 Å². The van der Waals surface area contributed by atoms with Crippen LogP contribution < -0.4 is 0 Å². The highest BCUT2D eigenvalue weighted by Gasteiger charge is 2.18. The van der Waals surface area contributed by atoms with Gasteiger partial charge >= 0.3 is 0 Å². The van der Waals surface area contributed by atoms with Gasteiger partial charge in [0.2, 0.25) is 0 Å². The van der Waals surface area contributed by atoms with Crippen LogP contribution in [0.3, 0.4) is 0 Å². The topological polar surface area (TPSA) is 74.6 Å². The van der Waals surface area contributed by atoms with Gasteiger partial charge in [-0.2, -0.15) is 8.42 Å². The number of hydrogen-bond donors (Lipinski definition) is 2. The zero-order valence-corrected chi connectivity index (χ0v) is 9.11. The molecule has 84 valence electrons. The van der Waals surface area contributed by atoms with E-state index in [0.29, 0.717) is 10.8 Å². The highest BCUT2D eigenvalue weighted by atomic mass is 32.2. The van der Waals surface area contributed by atoms with Crippen LogP contribution in [0.15, 0.2) is 41.3 Å². The summed E-state index contributed by atoms with van der Waals surface area (Å²) in [6.07, 6.45) is 0. The molecule has 0 aliphatic carbocycles. The molecule has 0 radical (unpaired) electrons. The van der Waals surface area contributed by atoms with Crippen LogP contribution in [0.25, 0.3) is 10.8 Å². The maximum absolute atomic E-state index is 11.3. The van der Waals surface area contributed by atoms with E-state index in [-0.39, 0.29) is 10.5 Å². The molecule has 2 N–H and O–H groups in total. The predicted octanol–water partition coefficient (Wildman–Crippen LogP) is 1.58. The molecule has 0 fully saturated rings. The number of rotatable bonds is 2. The lowest BCUT2D eigenvalue weighted by Gasteiger charge is -2.08. The van der Waals surface area contributed by atoms with E-state index in [4.69, 9.17) is 9.66 Å². The van der Waals surface area contributed by atoms with Gasteiger partial charge in [0.05, 0.1) is 6.61 Å². The Bertz CT molecular complexity index is 631. The van der Waals surface area contributed by atoms with Crippen LogP contribution in [0.4, 0.5) is 0 Å². The van der Waals surface area contributed by atoms with Crippen molar-refractivity contribution in [2.24, 2.45) is 0 Å². The molecule has 0 aromatic heterocycles. The first kappa shape index (κ1) is 11.1. The Hall–Kier alpha value is -1.43. The van der Waals surface area contributed by atoms with Crippen LogP contribution in [-0.2, 0) is 16.7 Å². The molecule has 16 heavy (non-hydrogen) atoms. The molecule has 5 heteroatoms. The summed E-state index contributed by atoms with van der Waals surface area (Å²) in [7, 11) is -4.33. The summed E-state index contributed by atoms with van der Waals surface area (Å²) in [6.45, 7) is -0.431. The van der Waals surface area contributed by atoms with Gasteiger partial charge in [0, 0.05) is 5.39 Å². The molecule has 2 rings (SSSR count). The first-order chi connectivity index (χ1) is 7.54. The van der Waals surface area contributed by atoms with Crippen LogP contribution >= 0.6 is 0 Å². The van der Waals surface area contributed by atoms with E-state index in [9.17, 15) is 8.42 Å². The average Bonchev–Trinajstić information content (AvgIpc) is 2.26. The largest absolute Gasteiger partial charge is 0.392 e. The van der Waals surface area contributed by atoms with Crippen molar-refractivity contribution in [3.63, 3.8) is 0 Å². The van der Waals surface area contributed by atoms with E-state index in [1.165, 1.54) is 6.07 Å². The molecule has 2 aromatic rings. The third-order valence-electron chi connectivity index (χ3n) is 2.39. The van der Waals surface area contributed by atoms with Crippen molar-refractivity contribution in [3.05, 3.63) is 42.0 Å². The molecular weight excluding hydrogens is 228 g/mol. The molecule has 2 aromatic carbocycles. The number of aliphatic hydroxyl groups excluding tert-OH is 1. The highest BCUT2D eigenvalue weighted by molar-refractivity contribution is 7.86. The molecule has 0 amide bonds. The fraction of sp³-hybridized carbons (Fsp3) is 0.0909. The fourth-order valence-electron chi connectivity index (χ4n) is 1.72. The van der Waals surface area contributed by atoms with Crippen molar-refractivity contribution < 1.29 is 18.1 Å². The van der Waals surface area contributed by atoms with Gasteiger partial charge in [-0.05, 0) is 10.9 Å². The first-order valence-electron chi connectivity index (χ1n) is 4.63. The van der Waals surface area contributed by atoms with Crippen LogP contribution in [0.5, 0.6) is 0 Å². The van der Waals surface area contributed by atoms with Gasteiger partial charge in [0.25, 0.3) is 10.1 Å². The van der Waals surface area contributed by atoms with Gasteiger partial charge in [-0.25, -0.2) is 0 Å². The van der Waals surface area contributed by atoms with Crippen LogP contribution in [0.2, 0.25) is 0 Å². The maximum atomic E-state index is 11.3. The molecule has 4 nitrogen and oxygen atoms in total. The Morgan fingerprint density at radius 1 is 1.06 bits per heavy atom. The molecule has 0 aliphatic rings. The van der Waals surface area contributed by atoms with E-state index >= 15 is 0 Å². The molecule has 0 saturated carbocycles. The maximum Gasteiger partial charge on any atom is 0.295 e. The standard InChI is InChI=1S/C11H10O4S/c12-7-9-6-5-8-3-1-2-4-10(8)11(9)16(13,14)15/h1-6,12H,7H2,(H,13,14,15). The number of benzene rings is 2. The molecule has 0 atom stereocenters. The van der Waals surface area contributed by atoms with Crippen molar-refractivity contribution >= 4 is 20.9 Å². The van der Waals surface area contributed by atoms with Gasteiger partial charge in [0.15, 0.2) is 0 Å². The molecule has 0 aliphatic heterocycles. The molecule has 0 bridgehead atoms. The quantitative estimate of drug-likeness (QED) is 0.779. The van der Waals surface area contributed by atoms with Gasteiger partial charge < -0.3 is 5.11 Å². The molecular formula is C11H10O4S. The second-order valence-corrected chi connectivity index (χ2v) is 4.77. The lowest BCUT2D eigenvalue weighted by molar-refractivity contribution is 0.278. The normalized spacial score (nSPS) is 11.9. The van der Waals surface area contributed by atoms with Gasteiger partial charge in [-0.3, -0.25) is 4.55 Å². The van der Waals surface area contributed by atoms with Crippen LogP contribution in [0, 0.1) is 0 Å². The summed E-state index contributed by atoms with van der Waals surface area (Å²) in [5.74, 6) is 0. The monoisotopic (exact) mass is 238 g/mol.